The zero-order chi connectivity index (χ0) is 20.1. The fraction of sp³-hybridized carbons (Fsp3) is 0.619. The molecule has 2 heterocycles. The topological polar surface area (TPSA) is 43.9 Å². The first-order valence-corrected chi connectivity index (χ1v) is 11.0. The lowest BCUT2D eigenvalue weighted by molar-refractivity contribution is -0.142. The summed E-state index contributed by atoms with van der Waals surface area (Å²) in [5, 5.41) is 1.19. The zero-order valence-corrected chi connectivity index (χ0v) is 18.0. The summed E-state index contributed by atoms with van der Waals surface area (Å²) in [5.74, 6) is 0.334. The number of hydrogen-bond donors (Lipinski definition) is 0. The summed E-state index contributed by atoms with van der Waals surface area (Å²) in [5.41, 5.74) is 1.02. The monoisotopic (exact) mass is 425 g/mol. The van der Waals surface area contributed by atoms with Gasteiger partial charge in [-0.3, -0.25) is 14.5 Å². The molecule has 2 fully saturated rings. The first-order chi connectivity index (χ1) is 13.5. The van der Waals surface area contributed by atoms with Crippen molar-refractivity contribution in [2.75, 3.05) is 39.3 Å². The molecule has 0 aromatic heterocycles. The SMILES string of the molecule is CCCC(=O)N1CCCC(C(=O)N2CCN(Cc3cccc(Cl)c3Cl)CC2)C1. The summed E-state index contributed by atoms with van der Waals surface area (Å²) < 4.78 is 0. The van der Waals surface area contributed by atoms with Crippen LogP contribution < -0.4 is 0 Å². The number of halogens is 2. The lowest BCUT2D eigenvalue weighted by Crippen LogP contribution is -2.52. The maximum absolute atomic E-state index is 13.0. The van der Waals surface area contributed by atoms with Crippen molar-refractivity contribution in [3.05, 3.63) is 33.8 Å². The van der Waals surface area contributed by atoms with Crippen molar-refractivity contribution in [1.29, 1.82) is 0 Å². The Labute approximate surface area is 177 Å². The minimum atomic E-state index is -0.0523. The smallest absolute Gasteiger partial charge is 0.227 e. The molecule has 2 amide bonds. The van der Waals surface area contributed by atoms with Gasteiger partial charge in [-0.05, 0) is 30.9 Å². The number of piperazine rings is 1. The Bertz CT molecular complexity index is 705. The molecule has 154 valence electrons. The van der Waals surface area contributed by atoms with E-state index in [0.717, 1.165) is 64.1 Å². The minimum absolute atomic E-state index is 0.0523. The number of likely N-dealkylation sites (tertiary alicyclic amines) is 1. The van der Waals surface area contributed by atoms with E-state index >= 15 is 0 Å². The van der Waals surface area contributed by atoms with Crippen molar-refractivity contribution in [3.63, 3.8) is 0 Å². The van der Waals surface area contributed by atoms with Gasteiger partial charge in [-0.1, -0.05) is 42.3 Å². The molecule has 28 heavy (non-hydrogen) atoms. The maximum Gasteiger partial charge on any atom is 0.227 e. The lowest BCUT2D eigenvalue weighted by atomic mass is 9.95. The second-order valence-electron chi connectivity index (χ2n) is 7.74. The van der Waals surface area contributed by atoms with E-state index in [9.17, 15) is 9.59 Å². The molecule has 0 saturated carbocycles. The van der Waals surface area contributed by atoms with Gasteiger partial charge in [0.1, 0.15) is 0 Å². The number of carbonyl (C=O) groups excluding carboxylic acids is 2. The predicted molar refractivity (Wildman–Crippen MR) is 113 cm³/mol. The minimum Gasteiger partial charge on any atom is -0.342 e. The second-order valence-corrected chi connectivity index (χ2v) is 8.53. The largest absolute Gasteiger partial charge is 0.342 e. The van der Waals surface area contributed by atoms with Crippen LogP contribution in [0.1, 0.15) is 38.2 Å². The van der Waals surface area contributed by atoms with Crippen molar-refractivity contribution in [1.82, 2.24) is 14.7 Å². The third kappa shape index (κ3) is 5.19. The number of rotatable bonds is 5. The van der Waals surface area contributed by atoms with E-state index in [1.165, 1.54) is 0 Å². The Morgan fingerprint density at radius 1 is 1.07 bits per heavy atom. The molecule has 7 heteroatoms. The Morgan fingerprint density at radius 2 is 1.82 bits per heavy atom. The highest BCUT2D eigenvalue weighted by Crippen LogP contribution is 2.27. The molecule has 3 rings (SSSR count). The average Bonchev–Trinajstić information content (AvgIpc) is 2.72. The molecule has 1 aromatic carbocycles. The van der Waals surface area contributed by atoms with E-state index in [-0.39, 0.29) is 17.7 Å². The molecule has 1 unspecified atom stereocenters. The normalized spacial score (nSPS) is 21.0. The molecule has 5 nitrogen and oxygen atoms in total. The molecule has 0 bridgehead atoms. The van der Waals surface area contributed by atoms with Crippen LogP contribution >= 0.6 is 23.2 Å². The van der Waals surface area contributed by atoms with Crippen molar-refractivity contribution in [2.45, 2.75) is 39.2 Å². The highest BCUT2D eigenvalue weighted by Gasteiger charge is 2.32. The maximum atomic E-state index is 13.0. The number of benzene rings is 1. The predicted octanol–water partition coefficient (Wildman–Crippen LogP) is 3.68. The third-order valence-electron chi connectivity index (χ3n) is 5.70. The molecule has 0 N–H and O–H groups in total. The van der Waals surface area contributed by atoms with E-state index in [1.54, 1.807) is 6.07 Å². The van der Waals surface area contributed by atoms with Crippen LogP contribution in [0.15, 0.2) is 18.2 Å². The number of amides is 2. The molecule has 0 radical (unpaired) electrons. The van der Waals surface area contributed by atoms with Gasteiger partial charge in [0, 0.05) is 52.2 Å². The summed E-state index contributed by atoms with van der Waals surface area (Å²) in [6, 6.07) is 5.70. The quantitative estimate of drug-likeness (QED) is 0.722. The van der Waals surface area contributed by atoms with Crippen molar-refractivity contribution in [2.24, 2.45) is 5.92 Å². The summed E-state index contributed by atoms with van der Waals surface area (Å²) in [7, 11) is 0. The van der Waals surface area contributed by atoms with E-state index in [4.69, 9.17) is 23.2 Å². The summed E-state index contributed by atoms with van der Waals surface area (Å²) >= 11 is 12.4. The van der Waals surface area contributed by atoms with Crippen molar-refractivity contribution in [3.8, 4) is 0 Å². The Morgan fingerprint density at radius 3 is 2.54 bits per heavy atom. The second kappa shape index (κ2) is 9.95. The fourth-order valence-electron chi connectivity index (χ4n) is 4.07. The molecular weight excluding hydrogens is 397 g/mol. The number of piperidine rings is 1. The summed E-state index contributed by atoms with van der Waals surface area (Å²) in [6.45, 7) is 7.20. The van der Waals surface area contributed by atoms with Crippen LogP contribution in [-0.4, -0.2) is 65.8 Å². The first kappa shape index (κ1) is 21.4. The van der Waals surface area contributed by atoms with Crippen LogP contribution in [-0.2, 0) is 16.1 Å². The van der Waals surface area contributed by atoms with Crippen LogP contribution in [0.3, 0.4) is 0 Å². The molecule has 1 atom stereocenters. The zero-order valence-electron chi connectivity index (χ0n) is 16.5. The molecular formula is C21H29Cl2N3O2. The van der Waals surface area contributed by atoms with Gasteiger partial charge in [-0.15, -0.1) is 0 Å². The van der Waals surface area contributed by atoms with Gasteiger partial charge in [0.05, 0.1) is 16.0 Å². The lowest BCUT2D eigenvalue weighted by Gasteiger charge is -2.39. The molecule has 2 saturated heterocycles. The average molecular weight is 426 g/mol. The Hall–Kier alpha value is -1.30. The van der Waals surface area contributed by atoms with Gasteiger partial charge in [0.15, 0.2) is 0 Å². The molecule has 0 aliphatic carbocycles. The van der Waals surface area contributed by atoms with Gasteiger partial charge in [0.2, 0.25) is 11.8 Å². The summed E-state index contributed by atoms with van der Waals surface area (Å²) in [6.07, 6.45) is 3.23. The molecule has 1 aromatic rings. The van der Waals surface area contributed by atoms with Crippen molar-refractivity contribution < 1.29 is 9.59 Å². The standard InChI is InChI=1S/C21H29Cl2N3O2/c1-2-5-19(27)26-9-4-7-17(15-26)21(28)25-12-10-24(11-13-25)14-16-6-3-8-18(22)20(16)23/h3,6,8,17H,2,4-5,7,9-15H2,1H3. The van der Waals surface area contributed by atoms with E-state index in [0.29, 0.717) is 23.0 Å². The van der Waals surface area contributed by atoms with Gasteiger partial charge < -0.3 is 9.80 Å². The van der Waals surface area contributed by atoms with Gasteiger partial charge in [-0.2, -0.15) is 0 Å². The van der Waals surface area contributed by atoms with Crippen LogP contribution in [0.4, 0.5) is 0 Å². The van der Waals surface area contributed by atoms with Crippen LogP contribution in [0.5, 0.6) is 0 Å². The number of hydrogen-bond acceptors (Lipinski definition) is 3. The Kier molecular flexibility index (Phi) is 7.61. The van der Waals surface area contributed by atoms with E-state index < -0.39 is 0 Å². The van der Waals surface area contributed by atoms with Crippen LogP contribution in [0.2, 0.25) is 10.0 Å². The fourth-order valence-corrected chi connectivity index (χ4v) is 4.45. The van der Waals surface area contributed by atoms with Gasteiger partial charge >= 0.3 is 0 Å². The summed E-state index contributed by atoms with van der Waals surface area (Å²) in [4.78, 5) is 31.3. The van der Waals surface area contributed by atoms with E-state index in [1.807, 2.05) is 28.9 Å². The molecule has 2 aliphatic heterocycles. The van der Waals surface area contributed by atoms with E-state index in [2.05, 4.69) is 4.90 Å². The first-order valence-electron chi connectivity index (χ1n) is 10.2. The van der Waals surface area contributed by atoms with Crippen molar-refractivity contribution >= 4 is 35.0 Å². The van der Waals surface area contributed by atoms with Crippen LogP contribution in [0.25, 0.3) is 0 Å². The van der Waals surface area contributed by atoms with Gasteiger partial charge in [-0.25, -0.2) is 0 Å². The van der Waals surface area contributed by atoms with Gasteiger partial charge in [0.25, 0.3) is 0 Å². The molecule has 0 spiro atoms. The number of nitrogens with zero attached hydrogens (tertiary/aromatic N) is 3. The van der Waals surface area contributed by atoms with Crippen LogP contribution in [0, 0.1) is 5.92 Å². The molecule has 2 aliphatic rings. The third-order valence-corrected chi connectivity index (χ3v) is 6.55. The Balaban J connectivity index is 1.51. The number of carbonyl (C=O) groups is 2. The highest BCUT2D eigenvalue weighted by molar-refractivity contribution is 6.42. The highest BCUT2D eigenvalue weighted by atomic mass is 35.5.